The predicted molar refractivity (Wildman–Crippen MR) is 96.9 cm³/mol. The summed E-state index contributed by atoms with van der Waals surface area (Å²) in [6, 6.07) is 16.1. The van der Waals surface area contributed by atoms with Crippen molar-refractivity contribution < 1.29 is 4.79 Å². The summed E-state index contributed by atoms with van der Waals surface area (Å²) < 4.78 is 0. The molecule has 0 fully saturated rings. The lowest BCUT2D eigenvalue weighted by Crippen LogP contribution is -2.34. The second-order valence-corrected chi connectivity index (χ2v) is 5.64. The molecule has 6 heteroatoms. The standard InChI is InChI=1S/C17H12ClN3OS/c18-12-6-7-13-14(8-9-19-15(13)10-12)20-17(23)21-16(22)11-4-2-1-3-5-11/h1-10H,(H2,19,20,21,22,23). The largest absolute Gasteiger partial charge is 0.332 e. The van der Waals surface area contributed by atoms with Gasteiger partial charge in [-0.05, 0) is 48.6 Å². The molecule has 23 heavy (non-hydrogen) atoms. The van der Waals surface area contributed by atoms with Crippen molar-refractivity contribution in [1.82, 2.24) is 10.3 Å². The van der Waals surface area contributed by atoms with Crippen LogP contribution in [0.25, 0.3) is 10.9 Å². The number of aromatic nitrogens is 1. The quantitative estimate of drug-likeness (QED) is 0.691. The predicted octanol–water partition coefficient (Wildman–Crippen LogP) is 4.02. The molecule has 1 amide bonds. The molecule has 0 atom stereocenters. The van der Waals surface area contributed by atoms with Crippen LogP contribution in [0.5, 0.6) is 0 Å². The second kappa shape index (κ2) is 6.73. The molecular weight excluding hydrogens is 330 g/mol. The van der Waals surface area contributed by atoms with Crippen molar-refractivity contribution in [2.75, 3.05) is 5.32 Å². The summed E-state index contributed by atoms with van der Waals surface area (Å²) >= 11 is 11.2. The van der Waals surface area contributed by atoms with E-state index in [0.29, 0.717) is 10.6 Å². The molecular formula is C17H12ClN3OS. The Kier molecular flexibility index (Phi) is 4.50. The summed E-state index contributed by atoms with van der Waals surface area (Å²) in [5, 5.41) is 7.38. The molecule has 3 rings (SSSR count). The first kappa shape index (κ1) is 15.4. The smallest absolute Gasteiger partial charge is 0.257 e. The molecule has 114 valence electrons. The fourth-order valence-corrected chi connectivity index (χ4v) is 2.52. The second-order valence-electron chi connectivity index (χ2n) is 4.79. The Bertz CT molecular complexity index is 883. The van der Waals surface area contributed by atoms with Crippen molar-refractivity contribution in [1.29, 1.82) is 0 Å². The van der Waals surface area contributed by atoms with E-state index in [0.717, 1.165) is 16.6 Å². The van der Waals surface area contributed by atoms with Gasteiger partial charge in [0.05, 0.1) is 11.2 Å². The minimum absolute atomic E-state index is 0.223. The van der Waals surface area contributed by atoms with Crippen molar-refractivity contribution in [2.24, 2.45) is 0 Å². The average Bonchev–Trinajstić information content (AvgIpc) is 2.55. The highest BCUT2D eigenvalue weighted by atomic mass is 35.5. The van der Waals surface area contributed by atoms with Gasteiger partial charge in [0, 0.05) is 22.2 Å². The molecule has 0 bridgehead atoms. The third-order valence-electron chi connectivity index (χ3n) is 3.22. The topological polar surface area (TPSA) is 54.0 Å². The minimum atomic E-state index is -0.260. The number of anilines is 1. The maximum Gasteiger partial charge on any atom is 0.257 e. The first-order valence-electron chi connectivity index (χ1n) is 6.85. The Balaban J connectivity index is 1.77. The van der Waals surface area contributed by atoms with Gasteiger partial charge >= 0.3 is 0 Å². The van der Waals surface area contributed by atoms with E-state index >= 15 is 0 Å². The van der Waals surface area contributed by atoms with Crippen LogP contribution in [0.1, 0.15) is 10.4 Å². The fraction of sp³-hybridized carbons (Fsp3) is 0. The van der Waals surface area contributed by atoms with Crippen molar-refractivity contribution >= 4 is 51.4 Å². The van der Waals surface area contributed by atoms with Crippen LogP contribution in [0.2, 0.25) is 5.02 Å². The summed E-state index contributed by atoms with van der Waals surface area (Å²) in [7, 11) is 0. The summed E-state index contributed by atoms with van der Waals surface area (Å²) in [6.45, 7) is 0. The molecule has 0 aliphatic rings. The Morgan fingerprint density at radius 3 is 2.65 bits per heavy atom. The molecule has 1 aromatic heterocycles. The monoisotopic (exact) mass is 341 g/mol. The number of pyridine rings is 1. The zero-order valence-electron chi connectivity index (χ0n) is 11.9. The van der Waals surface area contributed by atoms with Crippen LogP contribution in [0, 0.1) is 0 Å². The van der Waals surface area contributed by atoms with E-state index in [2.05, 4.69) is 15.6 Å². The summed E-state index contributed by atoms with van der Waals surface area (Å²) in [5.41, 5.74) is 2.05. The van der Waals surface area contributed by atoms with Gasteiger partial charge in [0.15, 0.2) is 5.11 Å². The Morgan fingerprint density at radius 2 is 1.87 bits per heavy atom. The van der Waals surface area contributed by atoms with E-state index in [1.54, 1.807) is 48.7 Å². The molecule has 1 heterocycles. The minimum Gasteiger partial charge on any atom is -0.332 e. The Labute approximate surface area is 143 Å². The third-order valence-corrected chi connectivity index (χ3v) is 3.66. The third kappa shape index (κ3) is 3.64. The number of nitrogens with one attached hydrogen (secondary N) is 2. The number of carbonyl (C=O) groups excluding carboxylic acids is 1. The van der Waals surface area contributed by atoms with Gasteiger partial charge in [-0.2, -0.15) is 0 Å². The van der Waals surface area contributed by atoms with Crippen LogP contribution < -0.4 is 10.6 Å². The van der Waals surface area contributed by atoms with Crippen LogP contribution in [-0.2, 0) is 0 Å². The van der Waals surface area contributed by atoms with Crippen molar-refractivity contribution in [3.8, 4) is 0 Å². The number of carbonyl (C=O) groups is 1. The Morgan fingerprint density at radius 1 is 1.09 bits per heavy atom. The van der Waals surface area contributed by atoms with Gasteiger partial charge in [-0.3, -0.25) is 15.1 Å². The maximum absolute atomic E-state index is 12.1. The summed E-state index contributed by atoms with van der Waals surface area (Å²) in [6.07, 6.45) is 1.66. The molecule has 0 radical (unpaired) electrons. The number of halogens is 1. The average molecular weight is 342 g/mol. The van der Waals surface area contributed by atoms with Crippen molar-refractivity contribution in [3.05, 3.63) is 71.4 Å². The molecule has 0 saturated heterocycles. The van der Waals surface area contributed by atoms with Gasteiger partial charge in [-0.25, -0.2) is 0 Å². The molecule has 2 aromatic carbocycles. The van der Waals surface area contributed by atoms with Gasteiger partial charge < -0.3 is 5.32 Å². The molecule has 4 nitrogen and oxygen atoms in total. The number of hydrogen-bond acceptors (Lipinski definition) is 3. The van der Waals surface area contributed by atoms with Crippen LogP contribution >= 0.6 is 23.8 Å². The van der Waals surface area contributed by atoms with E-state index in [1.165, 1.54) is 0 Å². The van der Waals surface area contributed by atoms with Gasteiger partial charge in [-0.15, -0.1) is 0 Å². The molecule has 3 aromatic rings. The van der Waals surface area contributed by atoms with Crippen LogP contribution in [0.3, 0.4) is 0 Å². The van der Waals surface area contributed by atoms with Crippen molar-refractivity contribution in [3.63, 3.8) is 0 Å². The highest BCUT2D eigenvalue weighted by Gasteiger charge is 2.09. The van der Waals surface area contributed by atoms with Crippen LogP contribution in [0.4, 0.5) is 5.69 Å². The highest BCUT2D eigenvalue weighted by molar-refractivity contribution is 7.80. The summed E-state index contributed by atoms with van der Waals surface area (Å²) in [4.78, 5) is 16.3. The molecule has 0 saturated carbocycles. The van der Waals surface area contributed by atoms with E-state index < -0.39 is 0 Å². The number of benzene rings is 2. The van der Waals surface area contributed by atoms with Gasteiger partial charge in [0.2, 0.25) is 0 Å². The van der Waals surface area contributed by atoms with E-state index in [1.807, 2.05) is 12.1 Å². The van der Waals surface area contributed by atoms with Gasteiger partial charge in [0.25, 0.3) is 5.91 Å². The lowest BCUT2D eigenvalue weighted by atomic mass is 10.2. The van der Waals surface area contributed by atoms with E-state index in [9.17, 15) is 4.79 Å². The number of fused-ring (bicyclic) bond motifs is 1. The zero-order valence-corrected chi connectivity index (χ0v) is 13.5. The van der Waals surface area contributed by atoms with E-state index in [4.69, 9.17) is 23.8 Å². The van der Waals surface area contributed by atoms with Gasteiger partial charge in [0.1, 0.15) is 0 Å². The number of rotatable bonds is 2. The normalized spacial score (nSPS) is 10.3. The molecule has 0 unspecified atom stereocenters. The number of thiocarbonyl (C=S) groups is 1. The number of amides is 1. The van der Waals surface area contributed by atoms with Crippen molar-refractivity contribution in [2.45, 2.75) is 0 Å². The highest BCUT2D eigenvalue weighted by Crippen LogP contribution is 2.24. The molecule has 2 N–H and O–H groups in total. The molecule has 0 spiro atoms. The summed E-state index contributed by atoms with van der Waals surface area (Å²) in [5.74, 6) is -0.260. The van der Waals surface area contributed by atoms with Crippen LogP contribution in [0.15, 0.2) is 60.8 Å². The zero-order chi connectivity index (χ0) is 16.2. The first-order valence-corrected chi connectivity index (χ1v) is 7.64. The number of hydrogen-bond donors (Lipinski definition) is 2. The fourth-order valence-electron chi connectivity index (χ4n) is 2.15. The SMILES string of the molecule is O=C(NC(=S)Nc1ccnc2cc(Cl)ccc12)c1ccccc1. The van der Waals surface area contributed by atoms with Crippen LogP contribution in [-0.4, -0.2) is 16.0 Å². The first-order chi connectivity index (χ1) is 11.1. The molecule has 0 aliphatic heterocycles. The van der Waals surface area contributed by atoms with E-state index in [-0.39, 0.29) is 11.0 Å². The lowest BCUT2D eigenvalue weighted by Gasteiger charge is -2.11. The number of nitrogens with zero attached hydrogens (tertiary/aromatic N) is 1. The molecule has 0 aliphatic carbocycles. The van der Waals surface area contributed by atoms with Gasteiger partial charge in [-0.1, -0.05) is 29.8 Å². The lowest BCUT2D eigenvalue weighted by molar-refractivity contribution is 0.0978. The maximum atomic E-state index is 12.1. The Hall–Kier alpha value is -2.50.